The zero-order chi connectivity index (χ0) is 22.9. The number of anilines is 1. The Morgan fingerprint density at radius 3 is 2.55 bits per heavy atom. The third-order valence-corrected chi connectivity index (χ3v) is 7.37. The molecule has 0 saturated carbocycles. The zero-order valence-corrected chi connectivity index (χ0v) is 20.5. The van der Waals surface area contributed by atoms with Crippen molar-refractivity contribution in [3.8, 4) is 0 Å². The number of hydrazone groups is 1. The predicted molar refractivity (Wildman–Crippen MR) is 141 cm³/mol. The lowest BCUT2D eigenvalue weighted by molar-refractivity contribution is 0.440. The first-order chi connectivity index (χ1) is 16.0. The molecule has 4 aromatic rings. The SMILES string of the molecule is CC1=NN(/C(=N/c2nnc(C)s2)Nc2ccc(C)c(C)c2)C(c2cccc3ccccc23)S1. The maximum absolute atomic E-state index is 4.87. The molecule has 166 valence electrons. The van der Waals surface area contributed by atoms with E-state index in [1.165, 1.54) is 38.8 Å². The van der Waals surface area contributed by atoms with E-state index in [1.807, 2.05) is 18.9 Å². The molecule has 3 aromatic carbocycles. The summed E-state index contributed by atoms with van der Waals surface area (Å²) >= 11 is 3.18. The monoisotopic (exact) mass is 472 g/mol. The van der Waals surface area contributed by atoms with E-state index < -0.39 is 0 Å². The molecular weight excluding hydrogens is 448 g/mol. The van der Waals surface area contributed by atoms with Gasteiger partial charge in [-0.25, -0.2) is 5.01 Å². The van der Waals surface area contributed by atoms with E-state index in [0.717, 1.165) is 15.7 Å². The molecule has 2 heterocycles. The third-order valence-electron chi connectivity index (χ3n) is 5.54. The number of benzene rings is 3. The molecule has 1 aliphatic rings. The molecule has 6 nitrogen and oxygen atoms in total. The highest BCUT2D eigenvalue weighted by molar-refractivity contribution is 8.14. The molecule has 0 bridgehead atoms. The number of rotatable bonds is 3. The Kier molecular flexibility index (Phi) is 5.86. The average Bonchev–Trinajstić information content (AvgIpc) is 3.40. The third kappa shape index (κ3) is 4.49. The van der Waals surface area contributed by atoms with Crippen molar-refractivity contribution in [1.29, 1.82) is 0 Å². The first kappa shape index (κ1) is 21.6. The van der Waals surface area contributed by atoms with Gasteiger partial charge in [0.1, 0.15) is 10.4 Å². The summed E-state index contributed by atoms with van der Waals surface area (Å²) in [6, 6.07) is 21.2. The van der Waals surface area contributed by atoms with Gasteiger partial charge in [0.2, 0.25) is 11.1 Å². The molecule has 1 atom stereocenters. The van der Waals surface area contributed by atoms with Crippen molar-refractivity contribution in [2.24, 2.45) is 10.1 Å². The second-order valence-corrected chi connectivity index (χ2v) is 10.4. The largest absolute Gasteiger partial charge is 0.324 e. The van der Waals surface area contributed by atoms with Gasteiger partial charge in [0.15, 0.2) is 0 Å². The van der Waals surface area contributed by atoms with Crippen molar-refractivity contribution in [3.63, 3.8) is 0 Å². The summed E-state index contributed by atoms with van der Waals surface area (Å²) < 4.78 is 0. The van der Waals surface area contributed by atoms with Gasteiger partial charge in [-0.3, -0.25) is 0 Å². The van der Waals surface area contributed by atoms with Crippen LogP contribution in [0.25, 0.3) is 10.8 Å². The van der Waals surface area contributed by atoms with Crippen LogP contribution >= 0.6 is 23.1 Å². The lowest BCUT2D eigenvalue weighted by atomic mass is 10.0. The number of thioether (sulfide) groups is 1. The highest BCUT2D eigenvalue weighted by atomic mass is 32.2. The number of aromatic nitrogens is 2. The number of guanidine groups is 1. The fourth-order valence-corrected chi connectivity index (χ4v) is 5.36. The van der Waals surface area contributed by atoms with Gasteiger partial charge in [-0.05, 0) is 67.3 Å². The van der Waals surface area contributed by atoms with Crippen LogP contribution < -0.4 is 5.32 Å². The van der Waals surface area contributed by atoms with Crippen molar-refractivity contribution in [2.45, 2.75) is 33.1 Å². The summed E-state index contributed by atoms with van der Waals surface area (Å²) in [5.74, 6) is 0.622. The van der Waals surface area contributed by atoms with Crippen LogP contribution in [0.3, 0.4) is 0 Å². The second kappa shape index (κ2) is 8.96. The van der Waals surface area contributed by atoms with Gasteiger partial charge < -0.3 is 5.32 Å². The molecule has 1 unspecified atom stereocenters. The van der Waals surface area contributed by atoms with Gasteiger partial charge in [-0.1, -0.05) is 71.6 Å². The summed E-state index contributed by atoms with van der Waals surface area (Å²) in [5.41, 5.74) is 4.62. The minimum Gasteiger partial charge on any atom is -0.324 e. The quantitative estimate of drug-likeness (QED) is 0.262. The van der Waals surface area contributed by atoms with Crippen LogP contribution in [-0.2, 0) is 0 Å². The van der Waals surface area contributed by atoms with E-state index in [4.69, 9.17) is 10.1 Å². The number of nitrogens with one attached hydrogen (secondary N) is 1. The van der Waals surface area contributed by atoms with Crippen LogP contribution in [0.5, 0.6) is 0 Å². The van der Waals surface area contributed by atoms with E-state index in [1.54, 1.807) is 11.8 Å². The van der Waals surface area contributed by atoms with E-state index in [2.05, 4.69) is 90.0 Å². The van der Waals surface area contributed by atoms with E-state index in [0.29, 0.717) is 11.1 Å². The molecule has 5 rings (SSSR count). The van der Waals surface area contributed by atoms with Crippen LogP contribution in [0.4, 0.5) is 10.8 Å². The second-order valence-electron chi connectivity index (χ2n) is 7.97. The topological polar surface area (TPSA) is 65.8 Å². The number of aryl methyl sites for hydroxylation is 3. The van der Waals surface area contributed by atoms with Crippen molar-refractivity contribution < 1.29 is 0 Å². The van der Waals surface area contributed by atoms with Gasteiger partial charge in [-0.2, -0.15) is 10.1 Å². The first-order valence-corrected chi connectivity index (χ1v) is 12.4. The summed E-state index contributed by atoms with van der Waals surface area (Å²) in [4.78, 5) is 4.86. The lowest BCUT2D eigenvalue weighted by Gasteiger charge is -2.26. The van der Waals surface area contributed by atoms with Gasteiger partial charge in [0.05, 0.1) is 5.04 Å². The number of hydrogen-bond donors (Lipinski definition) is 1. The maximum Gasteiger partial charge on any atom is 0.234 e. The minimum absolute atomic E-state index is 0.0529. The normalized spacial score (nSPS) is 16.4. The molecular formula is C25H24N6S2. The Balaban J connectivity index is 1.60. The fourth-order valence-electron chi connectivity index (χ4n) is 3.77. The van der Waals surface area contributed by atoms with E-state index in [-0.39, 0.29) is 5.37 Å². The standard InChI is InChI=1S/C25H24N6S2/c1-15-12-13-20(14-16(15)2)26-24(27-25-29-28-17(3)33-25)31-23(32-18(4)30-31)22-11-7-9-19-8-5-6-10-21(19)22/h5-14,23H,1-4H3,(H,26,27,29). The maximum atomic E-state index is 4.87. The van der Waals surface area contributed by atoms with E-state index >= 15 is 0 Å². The molecule has 1 aliphatic heterocycles. The van der Waals surface area contributed by atoms with Crippen LogP contribution in [-0.4, -0.2) is 26.2 Å². The van der Waals surface area contributed by atoms with Gasteiger partial charge in [0.25, 0.3) is 0 Å². The Labute approximate surface area is 201 Å². The molecule has 0 aliphatic carbocycles. The van der Waals surface area contributed by atoms with Crippen LogP contribution in [0, 0.1) is 20.8 Å². The average molecular weight is 473 g/mol. The zero-order valence-electron chi connectivity index (χ0n) is 18.9. The molecule has 0 spiro atoms. The fraction of sp³-hybridized carbons (Fsp3) is 0.200. The smallest absolute Gasteiger partial charge is 0.234 e. The molecule has 33 heavy (non-hydrogen) atoms. The van der Waals surface area contributed by atoms with Crippen LogP contribution in [0.15, 0.2) is 70.8 Å². The van der Waals surface area contributed by atoms with Crippen molar-refractivity contribution >= 4 is 55.7 Å². The van der Waals surface area contributed by atoms with Gasteiger partial charge >= 0.3 is 0 Å². The number of fused-ring (bicyclic) bond motifs is 1. The van der Waals surface area contributed by atoms with Crippen molar-refractivity contribution in [1.82, 2.24) is 15.2 Å². The van der Waals surface area contributed by atoms with Crippen LogP contribution in [0.1, 0.15) is 34.0 Å². The Morgan fingerprint density at radius 2 is 1.76 bits per heavy atom. The Bertz CT molecular complexity index is 1390. The first-order valence-electron chi connectivity index (χ1n) is 10.7. The summed E-state index contributed by atoms with van der Waals surface area (Å²) in [6.07, 6.45) is 0. The number of nitrogens with zero attached hydrogens (tertiary/aromatic N) is 5. The summed E-state index contributed by atoms with van der Waals surface area (Å²) in [6.45, 7) is 8.18. The molecule has 0 amide bonds. The van der Waals surface area contributed by atoms with Crippen molar-refractivity contribution in [2.75, 3.05) is 5.32 Å². The van der Waals surface area contributed by atoms with Crippen LogP contribution in [0.2, 0.25) is 0 Å². The molecule has 1 aromatic heterocycles. The van der Waals surface area contributed by atoms with Crippen molar-refractivity contribution in [3.05, 3.63) is 82.4 Å². The predicted octanol–water partition coefficient (Wildman–Crippen LogP) is 6.80. The Hall–Kier alpha value is -3.23. The Morgan fingerprint density at radius 1 is 0.939 bits per heavy atom. The molecule has 1 N–H and O–H groups in total. The minimum atomic E-state index is -0.0529. The van der Waals surface area contributed by atoms with E-state index in [9.17, 15) is 0 Å². The summed E-state index contributed by atoms with van der Waals surface area (Å²) in [7, 11) is 0. The number of hydrogen-bond acceptors (Lipinski definition) is 6. The van der Waals surface area contributed by atoms with Gasteiger partial charge in [0, 0.05) is 5.69 Å². The summed E-state index contributed by atoms with van der Waals surface area (Å²) in [5, 5.41) is 23.5. The highest BCUT2D eigenvalue weighted by Gasteiger charge is 2.32. The molecule has 0 saturated heterocycles. The highest BCUT2D eigenvalue weighted by Crippen LogP contribution is 2.42. The molecule has 0 radical (unpaired) electrons. The molecule has 8 heteroatoms. The molecule has 0 fully saturated rings. The lowest BCUT2D eigenvalue weighted by Crippen LogP contribution is -2.32. The number of aliphatic imine (C=N–C) groups is 1. The van der Waals surface area contributed by atoms with Gasteiger partial charge in [-0.15, -0.1) is 10.2 Å².